The van der Waals surface area contributed by atoms with Crippen LogP contribution >= 0.6 is 0 Å². The van der Waals surface area contributed by atoms with Crippen LogP contribution < -0.4 is 5.32 Å². The number of halogens is 4. The number of alkyl halides is 3. The number of carbonyl (C=O) groups is 2. The van der Waals surface area contributed by atoms with E-state index in [1.54, 1.807) is 18.7 Å². The fourth-order valence-electron chi connectivity index (χ4n) is 6.74. The number of aromatic nitrogens is 1. The van der Waals surface area contributed by atoms with Crippen molar-refractivity contribution in [2.45, 2.75) is 87.9 Å². The number of pyridine rings is 1. The van der Waals surface area contributed by atoms with Crippen LogP contribution in [-0.4, -0.2) is 74.6 Å². The number of nitrogens with zero attached hydrogens (tertiary/aromatic N) is 3. The molecular formula is C30H36F4N4O4. The molecule has 2 atom stereocenters. The van der Waals surface area contributed by atoms with Crippen molar-refractivity contribution >= 4 is 11.8 Å². The minimum absolute atomic E-state index is 0.00179. The highest BCUT2D eigenvalue weighted by Gasteiger charge is 2.48. The highest BCUT2D eigenvalue weighted by Crippen LogP contribution is 2.42. The van der Waals surface area contributed by atoms with Gasteiger partial charge in [0.2, 0.25) is 5.91 Å². The molecule has 1 aromatic carbocycles. The number of rotatable bonds is 6. The average Bonchev–Trinajstić information content (AvgIpc) is 3.54. The lowest BCUT2D eigenvalue weighted by Gasteiger charge is -2.41. The number of hydrogen-bond acceptors (Lipinski definition) is 6. The first-order valence-electron chi connectivity index (χ1n) is 14.3. The molecule has 1 aromatic heterocycles. The summed E-state index contributed by atoms with van der Waals surface area (Å²) in [6, 6.07) is 5.57. The van der Waals surface area contributed by atoms with E-state index in [9.17, 15) is 37.4 Å². The Kier molecular flexibility index (Phi) is 8.10. The lowest BCUT2D eigenvalue weighted by Crippen LogP contribution is -2.47. The molecule has 1 aliphatic carbocycles. The molecule has 42 heavy (non-hydrogen) atoms. The molecule has 3 heterocycles. The second kappa shape index (κ2) is 11.2. The molecule has 2 aliphatic heterocycles. The molecule has 2 aromatic rings. The second-order valence-electron chi connectivity index (χ2n) is 12.2. The molecule has 0 spiro atoms. The zero-order chi connectivity index (χ0) is 30.4. The lowest BCUT2D eigenvalue weighted by molar-refractivity contribution is -0.137. The van der Waals surface area contributed by atoms with Gasteiger partial charge >= 0.3 is 6.18 Å². The van der Waals surface area contributed by atoms with Crippen molar-refractivity contribution in [1.29, 1.82) is 0 Å². The Bertz CT molecular complexity index is 1340. The molecule has 5 rings (SSSR count). The molecule has 12 heteroatoms. The standard InChI is InChI=1S/C30H36F4N4O4/c1-28(2,41)20-15-22(31)26(35-16-20)29(42)10-6-21(7-11-29)37-12-8-24-23(37)9-13-38(24)25(39)17-36-27(40)18-4-3-5-19(14-18)30(32,33)34/h3-5,14-16,21,23-24,41-42H,6-13,17H2,1-2H3,(H,36,40)/t21-,23-,24-,29+/m0/s1. The van der Waals surface area contributed by atoms with Gasteiger partial charge in [0, 0.05) is 48.5 Å². The van der Waals surface area contributed by atoms with Gasteiger partial charge in [-0.25, -0.2) is 4.39 Å². The molecule has 0 unspecified atom stereocenters. The molecule has 3 N–H and O–H groups in total. The average molecular weight is 593 g/mol. The van der Waals surface area contributed by atoms with Crippen molar-refractivity contribution in [3.05, 3.63) is 64.7 Å². The van der Waals surface area contributed by atoms with Crippen molar-refractivity contribution in [1.82, 2.24) is 20.1 Å². The smallest absolute Gasteiger partial charge is 0.386 e. The molecule has 2 saturated heterocycles. The summed E-state index contributed by atoms with van der Waals surface area (Å²) in [5.74, 6) is -1.66. The van der Waals surface area contributed by atoms with Crippen LogP contribution in [0.2, 0.25) is 0 Å². The van der Waals surface area contributed by atoms with Crippen LogP contribution in [0, 0.1) is 5.82 Å². The third-order valence-electron chi connectivity index (χ3n) is 9.03. The highest BCUT2D eigenvalue weighted by molar-refractivity contribution is 5.96. The van der Waals surface area contributed by atoms with E-state index >= 15 is 0 Å². The van der Waals surface area contributed by atoms with E-state index in [0.29, 0.717) is 37.8 Å². The Morgan fingerprint density at radius 2 is 1.74 bits per heavy atom. The number of carbonyl (C=O) groups excluding carboxylic acids is 2. The summed E-state index contributed by atoms with van der Waals surface area (Å²) < 4.78 is 53.9. The molecule has 0 bridgehead atoms. The number of fused-ring (bicyclic) bond motifs is 1. The summed E-state index contributed by atoms with van der Waals surface area (Å²) in [5, 5.41) is 23.9. The molecule has 3 aliphatic rings. The summed E-state index contributed by atoms with van der Waals surface area (Å²) >= 11 is 0. The van der Waals surface area contributed by atoms with Crippen LogP contribution in [0.25, 0.3) is 0 Å². The third-order valence-corrected chi connectivity index (χ3v) is 9.03. The van der Waals surface area contributed by atoms with E-state index in [1.165, 1.54) is 18.3 Å². The van der Waals surface area contributed by atoms with Crippen LogP contribution in [0.5, 0.6) is 0 Å². The summed E-state index contributed by atoms with van der Waals surface area (Å²) in [6.07, 6.45) is 0.284. The molecule has 0 radical (unpaired) electrons. The zero-order valence-electron chi connectivity index (χ0n) is 23.6. The van der Waals surface area contributed by atoms with Gasteiger partial charge < -0.3 is 20.4 Å². The van der Waals surface area contributed by atoms with Crippen molar-refractivity contribution in [3.8, 4) is 0 Å². The Labute approximate surface area is 241 Å². The predicted molar refractivity (Wildman–Crippen MR) is 145 cm³/mol. The first kappa shape index (κ1) is 30.4. The Balaban J connectivity index is 1.15. The number of aliphatic hydroxyl groups is 2. The molecular weight excluding hydrogens is 556 g/mol. The number of benzene rings is 1. The molecule has 1 saturated carbocycles. The highest BCUT2D eigenvalue weighted by atomic mass is 19.4. The maximum Gasteiger partial charge on any atom is 0.416 e. The van der Waals surface area contributed by atoms with Gasteiger partial charge in [0.15, 0.2) is 0 Å². The first-order valence-corrected chi connectivity index (χ1v) is 14.3. The first-order chi connectivity index (χ1) is 19.7. The summed E-state index contributed by atoms with van der Waals surface area (Å²) in [4.78, 5) is 33.8. The van der Waals surface area contributed by atoms with Crippen molar-refractivity contribution in [2.24, 2.45) is 0 Å². The van der Waals surface area contributed by atoms with Gasteiger partial charge in [0.1, 0.15) is 17.1 Å². The van der Waals surface area contributed by atoms with E-state index in [-0.39, 0.29) is 41.8 Å². The van der Waals surface area contributed by atoms with Gasteiger partial charge in [-0.2, -0.15) is 13.2 Å². The molecule has 228 valence electrons. The number of likely N-dealkylation sites (tertiary alicyclic amines) is 2. The quantitative estimate of drug-likeness (QED) is 0.442. The van der Waals surface area contributed by atoms with Crippen LogP contribution in [0.1, 0.15) is 79.6 Å². The van der Waals surface area contributed by atoms with E-state index in [2.05, 4.69) is 15.2 Å². The number of hydrogen-bond donors (Lipinski definition) is 3. The lowest BCUT2D eigenvalue weighted by atomic mass is 9.78. The molecule has 8 nitrogen and oxygen atoms in total. The zero-order valence-corrected chi connectivity index (χ0v) is 23.6. The second-order valence-corrected chi connectivity index (χ2v) is 12.2. The van der Waals surface area contributed by atoms with Crippen LogP contribution in [0.3, 0.4) is 0 Å². The topological polar surface area (TPSA) is 106 Å². The van der Waals surface area contributed by atoms with Gasteiger partial charge in [0.25, 0.3) is 5.91 Å². The van der Waals surface area contributed by atoms with E-state index in [1.807, 2.05) is 0 Å². The maximum absolute atomic E-state index is 14.9. The summed E-state index contributed by atoms with van der Waals surface area (Å²) in [6.45, 7) is 4.07. The Morgan fingerprint density at radius 3 is 2.38 bits per heavy atom. The van der Waals surface area contributed by atoms with E-state index in [0.717, 1.165) is 37.6 Å². The fourth-order valence-corrected chi connectivity index (χ4v) is 6.74. The maximum atomic E-state index is 14.9. The Morgan fingerprint density at radius 1 is 1.05 bits per heavy atom. The number of nitrogens with one attached hydrogen (secondary N) is 1. The van der Waals surface area contributed by atoms with Gasteiger partial charge in [-0.15, -0.1) is 0 Å². The van der Waals surface area contributed by atoms with E-state index in [4.69, 9.17) is 0 Å². The van der Waals surface area contributed by atoms with Crippen LogP contribution in [0.4, 0.5) is 17.6 Å². The Hall–Kier alpha value is -3.09. The summed E-state index contributed by atoms with van der Waals surface area (Å²) in [7, 11) is 0. The van der Waals surface area contributed by atoms with Gasteiger partial charge in [0.05, 0.1) is 17.7 Å². The third kappa shape index (κ3) is 6.02. The van der Waals surface area contributed by atoms with Crippen LogP contribution in [-0.2, 0) is 22.2 Å². The van der Waals surface area contributed by atoms with Gasteiger partial charge in [-0.05, 0) is 76.6 Å². The molecule has 2 amide bonds. The SMILES string of the molecule is CC(C)(O)c1cnc([C@]2(O)CC[C@@H](N3CC[C@H]4[C@@H]3CCN4C(=O)CNC(=O)c3cccc(C(F)(F)F)c3)CC2)c(F)c1. The number of amides is 2. The van der Waals surface area contributed by atoms with Gasteiger partial charge in [-0.1, -0.05) is 6.07 Å². The predicted octanol–water partition coefficient (Wildman–Crippen LogP) is 3.70. The fraction of sp³-hybridized carbons (Fsp3) is 0.567. The van der Waals surface area contributed by atoms with E-state index < -0.39 is 34.7 Å². The van der Waals surface area contributed by atoms with Gasteiger partial charge in [-0.3, -0.25) is 19.5 Å². The van der Waals surface area contributed by atoms with Crippen molar-refractivity contribution in [3.63, 3.8) is 0 Å². The van der Waals surface area contributed by atoms with Crippen LogP contribution in [0.15, 0.2) is 36.5 Å². The van der Waals surface area contributed by atoms with Crippen molar-refractivity contribution < 1.29 is 37.4 Å². The largest absolute Gasteiger partial charge is 0.416 e. The minimum atomic E-state index is -4.57. The van der Waals surface area contributed by atoms with Crippen molar-refractivity contribution in [2.75, 3.05) is 19.6 Å². The normalized spacial score (nSPS) is 26.8. The minimum Gasteiger partial charge on any atom is -0.386 e. The monoisotopic (exact) mass is 592 g/mol. The molecule has 3 fully saturated rings. The summed E-state index contributed by atoms with van der Waals surface area (Å²) in [5.41, 5.74) is -3.40.